The molecule has 6 aromatic rings. The van der Waals surface area contributed by atoms with E-state index in [9.17, 15) is 0 Å². The zero-order valence-corrected chi connectivity index (χ0v) is 23.6. The molecule has 0 N–H and O–H groups in total. The van der Waals surface area contributed by atoms with Crippen molar-refractivity contribution in [2.75, 3.05) is 0 Å². The predicted octanol–water partition coefficient (Wildman–Crippen LogP) is 8.38. The summed E-state index contributed by atoms with van der Waals surface area (Å²) in [4.78, 5) is 0. The van der Waals surface area contributed by atoms with Gasteiger partial charge < -0.3 is 0 Å². The van der Waals surface area contributed by atoms with E-state index in [2.05, 4.69) is 164 Å². The van der Waals surface area contributed by atoms with Crippen LogP contribution in [0.15, 0.2) is 134 Å². The lowest BCUT2D eigenvalue weighted by Gasteiger charge is -2.13. The number of pyridine rings is 2. The third kappa shape index (κ3) is 5.21. The largest absolute Gasteiger partial charge is 0.219 e. The Labute approximate surface area is 237 Å². The average Bonchev–Trinajstić information content (AvgIpc) is 2.98. The Morgan fingerprint density at radius 2 is 0.725 bits per heavy atom. The van der Waals surface area contributed by atoms with Crippen LogP contribution in [0.5, 0.6) is 0 Å². The number of hydrogen-bond acceptors (Lipinski definition) is 0. The maximum atomic E-state index is 2.40. The van der Waals surface area contributed by atoms with E-state index in [1.54, 1.807) is 0 Å². The SMILES string of the molecule is Cc1ccc(-c2cc(-c3ccc(-c4cc[n+](C)cc4)cc3)cc(-c3ccc(C)cc3)[n+]2-c2ccc(C)cc2)cc1. The molecule has 2 nitrogen and oxygen atoms in total. The monoisotopic (exact) mass is 518 g/mol. The first-order valence-corrected chi connectivity index (χ1v) is 13.8. The van der Waals surface area contributed by atoms with E-state index in [0.717, 1.165) is 17.1 Å². The number of nitrogens with zero attached hydrogens (tertiary/aromatic N) is 2. The molecule has 0 saturated carbocycles. The first kappa shape index (κ1) is 25.5. The van der Waals surface area contributed by atoms with Crippen molar-refractivity contribution in [1.29, 1.82) is 0 Å². The van der Waals surface area contributed by atoms with E-state index in [1.807, 2.05) is 7.05 Å². The van der Waals surface area contributed by atoms with E-state index < -0.39 is 0 Å². The summed E-state index contributed by atoms with van der Waals surface area (Å²) in [5, 5.41) is 0. The highest BCUT2D eigenvalue weighted by molar-refractivity contribution is 5.76. The van der Waals surface area contributed by atoms with Gasteiger partial charge in [-0.1, -0.05) is 77.4 Å². The summed E-state index contributed by atoms with van der Waals surface area (Å²) >= 11 is 0. The Balaban J connectivity index is 1.58. The fraction of sp³-hybridized carbons (Fsp3) is 0.105. The van der Waals surface area contributed by atoms with Gasteiger partial charge in [0.25, 0.3) is 0 Å². The lowest BCUT2D eigenvalue weighted by atomic mass is 9.96. The number of aryl methyl sites for hydroxylation is 4. The standard InChI is InChI=1S/C38H34N2/c1-27-5-11-33(12-6-27)37-25-35(31-17-15-30(16-18-31)32-21-23-39(4)24-22-32)26-38(34-13-7-28(2)8-14-34)40(37)36-19-9-29(3)10-20-36/h5-26H,1-4H3/q+2. The van der Waals surface area contributed by atoms with Crippen LogP contribution >= 0.6 is 0 Å². The summed E-state index contributed by atoms with van der Waals surface area (Å²) in [6.07, 6.45) is 4.18. The van der Waals surface area contributed by atoms with E-state index in [4.69, 9.17) is 0 Å². The Morgan fingerprint density at radius 1 is 0.375 bits per heavy atom. The molecule has 0 bridgehead atoms. The summed E-state index contributed by atoms with van der Waals surface area (Å²) in [7, 11) is 2.04. The zero-order chi connectivity index (χ0) is 27.6. The van der Waals surface area contributed by atoms with E-state index in [0.29, 0.717) is 0 Å². The number of hydrogen-bond donors (Lipinski definition) is 0. The van der Waals surface area contributed by atoms with E-state index in [-0.39, 0.29) is 0 Å². The summed E-state index contributed by atoms with van der Waals surface area (Å²) in [5.74, 6) is 0. The summed E-state index contributed by atoms with van der Waals surface area (Å²) in [6.45, 7) is 6.42. The van der Waals surface area contributed by atoms with Crippen LogP contribution in [0.2, 0.25) is 0 Å². The van der Waals surface area contributed by atoms with Crippen LogP contribution in [0.3, 0.4) is 0 Å². The highest BCUT2D eigenvalue weighted by Crippen LogP contribution is 2.32. The normalized spacial score (nSPS) is 11.0. The molecule has 6 rings (SSSR count). The lowest BCUT2D eigenvalue weighted by molar-refractivity contribution is -0.671. The topological polar surface area (TPSA) is 7.76 Å². The molecule has 0 saturated heterocycles. The molecule has 0 aliphatic rings. The van der Waals surface area contributed by atoms with Crippen LogP contribution in [-0.2, 0) is 7.05 Å². The van der Waals surface area contributed by atoms with Gasteiger partial charge in [0.05, 0.1) is 0 Å². The third-order valence-corrected chi connectivity index (χ3v) is 7.58. The van der Waals surface area contributed by atoms with Crippen molar-refractivity contribution in [2.45, 2.75) is 20.8 Å². The van der Waals surface area contributed by atoms with Crippen molar-refractivity contribution in [3.63, 3.8) is 0 Å². The predicted molar refractivity (Wildman–Crippen MR) is 165 cm³/mol. The first-order chi connectivity index (χ1) is 19.4. The molecule has 0 atom stereocenters. The maximum Gasteiger partial charge on any atom is 0.219 e. The third-order valence-electron chi connectivity index (χ3n) is 7.58. The van der Waals surface area contributed by atoms with Gasteiger partial charge in [-0.05, 0) is 67.3 Å². The summed E-state index contributed by atoms with van der Waals surface area (Å²) in [6, 6.07) is 44.5. The van der Waals surface area contributed by atoms with Crippen LogP contribution in [0.25, 0.3) is 50.5 Å². The maximum absolute atomic E-state index is 2.40. The second-order valence-electron chi connectivity index (χ2n) is 10.7. The Morgan fingerprint density at radius 3 is 1.18 bits per heavy atom. The van der Waals surface area contributed by atoms with E-state index >= 15 is 0 Å². The zero-order valence-electron chi connectivity index (χ0n) is 23.6. The van der Waals surface area contributed by atoms with Crippen LogP contribution in [0.1, 0.15) is 16.7 Å². The Kier molecular flexibility index (Phi) is 6.84. The number of aromatic nitrogens is 2. The van der Waals surface area contributed by atoms with Crippen molar-refractivity contribution in [3.05, 3.63) is 150 Å². The Bertz CT molecular complexity index is 1690. The van der Waals surface area contributed by atoms with Gasteiger partial charge in [-0.2, -0.15) is 4.57 Å². The Hall–Kier alpha value is -4.82. The van der Waals surface area contributed by atoms with Gasteiger partial charge in [-0.15, -0.1) is 0 Å². The average molecular weight is 519 g/mol. The molecule has 40 heavy (non-hydrogen) atoms. The summed E-state index contributed by atoms with van der Waals surface area (Å²) < 4.78 is 4.46. The van der Waals surface area contributed by atoms with Crippen molar-refractivity contribution >= 4 is 0 Å². The van der Waals surface area contributed by atoms with Gasteiger partial charge in [-0.25, -0.2) is 4.57 Å². The second-order valence-corrected chi connectivity index (χ2v) is 10.7. The fourth-order valence-corrected chi connectivity index (χ4v) is 5.16. The van der Waals surface area contributed by atoms with E-state index in [1.165, 1.54) is 50.1 Å². The molecular formula is C38H34N2+2. The number of rotatable bonds is 5. The van der Waals surface area contributed by atoms with Gasteiger partial charge in [-0.3, -0.25) is 0 Å². The molecular weight excluding hydrogens is 484 g/mol. The molecule has 0 unspecified atom stereocenters. The molecule has 0 amide bonds. The van der Waals surface area contributed by atoms with Crippen molar-refractivity contribution in [3.8, 4) is 50.5 Å². The van der Waals surface area contributed by atoms with Gasteiger partial charge in [0.2, 0.25) is 17.1 Å². The molecule has 0 fully saturated rings. The lowest BCUT2D eigenvalue weighted by Crippen LogP contribution is -2.36. The highest BCUT2D eigenvalue weighted by atomic mass is 15.0. The first-order valence-electron chi connectivity index (χ1n) is 13.8. The molecule has 2 heteroatoms. The smallest absolute Gasteiger partial charge is 0.208 e. The molecule has 0 aliphatic heterocycles. The van der Waals surface area contributed by atoms with Gasteiger partial charge in [0, 0.05) is 47.5 Å². The van der Waals surface area contributed by atoms with Gasteiger partial charge >= 0.3 is 0 Å². The molecule has 2 heterocycles. The van der Waals surface area contributed by atoms with Crippen molar-refractivity contribution in [2.24, 2.45) is 7.05 Å². The minimum absolute atomic E-state index is 1.15. The quantitative estimate of drug-likeness (QED) is 0.203. The molecule has 194 valence electrons. The molecule has 0 aliphatic carbocycles. The van der Waals surface area contributed by atoms with Crippen LogP contribution in [0.4, 0.5) is 0 Å². The highest BCUT2D eigenvalue weighted by Gasteiger charge is 2.25. The van der Waals surface area contributed by atoms with Crippen LogP contribution in [-0.4, -0.2) is 0 Å². The van der Waals surface area contributed by atoms with Gasteiger partial charge in [0.15, 0.2) is 12.4 Å². The van der Waals surface area contributed by atoms with Gasteiger partial charge in [0.1, 0.15) is 7.05 Å². The molecule has 4 aromatic carbocycles. The second kappa shape index (κ2) is 10.7. The summed E-state index contributed by atoms with van der Waals surface area (Å²) in [5.41, 5.74) is 14.4. The number of benzene rings is 4. The minimum atomic E-state index is 1.15. The van der Waals surface area contributed by atoms with Crippen molar-refractivity contribution in [1.82, 2.24) is 0 Å². The minimum Gasteiger partial charge on any atom is -0.208 e. The molecule has 2 aromatic heterocycles. The molecule has 0 spiro atoms. The molecule has 0 radical (unpaired) electrons. The van der Waals surface area contributed by atoms with Crippen LogP contribution in [0, 0.1) is 20.8 Å². The fourth-order valence-electron chi connectivity index (χ4n) is 5.16. The van der Waals surface area contributed by atoms with Crippen molar-refractivity contribution < 1.29 is 9.13 Å². The van der Waals surface area contributed by atoms with Crippen LogP contribution < -0.4 is 9.13 Å².